The minimum Gasteiger partial charge on any atom is -0.353 e. The zero-order chi connectivity index (χ0) is 22.3. The molecule has 1 fully saturated rings. The van der Waals surface area contributed by atoms with Gasteiger partial charge in [-0.3, -0.25) is 14.5 Å². The third-order valence-corrected chi connectivity index (χ3v) is 5.39. The summed E-state index contributed by atoms with van der Waals surface area (Å²) in [6.07, 6.45) is 1.40. The van der Waals surface area contributed by atoms with E-state index in [0.717, 1.165) is 19.5 Å². The number of carbonyl (C=O) groups excluding carboxylic acids is 2. The maximum atomic E-state index is 13.3. The van der Waals surface area contributed by atoms with Crippen LogP contribution >= 0.6 is 0 Å². The Hall–Kier alpha value is -1.99. The molecule has 30 heavy (non-hydrogen) atoms. The van der Waals surface area contributed by atoms with E-state index in [-0.39, 0.29) is 23.7 Å². The molecule has 3 N–H and O–H groups in total. The van der Waals surface area contributed by atoms with Gasteiger partial charge in [-0.25, -0.2) is 4.39 Å². The van der Waals surface area contributed by atoms with E-state index in [1.807, 2.05) is 0 Å². The number of nitrogens with one attached hydrogen (secondary N) is 1. The second-order valence-corrected chi connectivity index (χ2v) is 9.02. The highest BCUT2D eigenvalue weighted by Gasteiger charge is 2.38. The lowest BCUT2D eigenvalue weighted by Gasteiger charge is -2.44. The quantitative estimate of drug-likeness (QED) is 0.643. The lowest BCUT2D eigenvalue weighted by molar-refractivity contribution is -0.127. The largest absolute Gasteiger partial charge is 0.353 e. The summed E-state index contributed by atoms with van der Waals surface area (Å²) in [7, 11) is 0. The molecule has 0 spiro atoms. The summed E-state index contributed by atoms with van der Waals surface area (Å²) in [5, 5.41) is 2.85. The number of rotatable bonds is 9. The predicted octanol–water partition coefficient (Wildman–Crippen LogP) is 2.49. The van der Waals surface area contributed by atoms with E-state index in [1.165, 1.54) is 24.3 Å². The Morgan fingerprint density at radius 2 is 1.77 bits per heavy atom. The summed E-state index contributed by atoms with van der Waals surface area (Å²) >= 11 is 0. The summed E-state index contributed by atoms with van der Waals surface area (Å²) in [5.41, 5.74) is 5.95. The number of carbonyl (C=O) groups is 2. The molecule has 0 radical (unpaired) electrons. The molecule has 1 aliphatic heterocycles. The van der Waals surface area contributed by atoms with Gasteiger partial charge in [-0.1, -0.05) is 27.7 Å². The first kappa shape index (κ1) is 24.3. The molecule has 0 saturated carbocycles. The molecule has 2 atom stereocenters. The fourth-order valence-corrected chi connectivity index (χ4v) is 4.15. The van der Waals surface area contributed by atoms with Crippen molar-refractivity contribution in [3.63, 3.8) is 0 Å². The van der Waals surface area contributed by atoms with Crippen LogP contribution in [0.1, 0.15) is 50.9 Å². The smallest absolute Gasteiger partial charge is 0.254 e. The molecule has 1 unspecified atom stereocenters. The second kappa shape index (κ2) is 11.4. The highest BCUT2D eigenvalue weighted by atomic mass is 19.1. The molecule has 1 aromatic rings. The van der Waals surface area contributed by atoms with Crippen LogP contribution in [0.15, 0.2) is 24.3 Å². The van der Waals surface area contributed by atoms with Crippen LogP contribution in [0.3, 0.4) is 0 Å². The molecular weight excluding hydrogens is 383 g/mol. The zero-order valence-corrected chi connectivity index (χ0v) is 18.7. The summed E-state index contributed by atoms with van der Waals surface area (Å²) in [6, 6.07) is 5.17. The van der Waals surface area contributed by atoms with E-state index in [9.17, 15) is 14.0 Å². The third-order valence-electron chi connectivity index (χ3n) is 5.39. The molecule has 1 aromatic carbocycles. The van der Waals surface area contributed by atoms with Crippen LogP contribution in [-0.4, -0.2) is 66.4 Å². The van der Waals surface area contributed by atoms with Gasteiger partial charge in [-0.15, -0.1) is 0 Å². The molecule has 1 heterocycles. The summed E-state index contributed by atoms with van der Waals surface area (Å²) < 4.78 is 13.3. The lowest BCUT2D eigenvalue weighted by Crippen LogP contribution is -2.58. The summed E-state index contributed by atoms with van der Waals surface area (Å²) in [5.74, 6) is 0.245. The van der Waals surface area contributed by atoms with Gasteiger partial charge in [0.2, 0.25) is 5.91 Å². The number of likely N-dealkylation sites (tertiary alicyclic amines) is 1. The molecule has 168 valence electrons. The highest BCUT2D eigenvalue weighted by Crippen LogP contribution is 2.26. The van der Waals surface area contributed by atoms with Gasteiger partial charge < -0.3 is 16.0 Å². The fraction of sp³-hybridized carbons (Fsp3) is 0.652. The highest BCUT2D eigenvalue weighted by molar-refractivity contribution is 5.97. The van der Waals surface area contributed by atoms with Crippen molar-refractivity contribution in [3.8, 4) is 0 Å². The fourth-order valence-electron chi connectivity index (χ4n) is 4.15. The number of hydrogen-bond donors (Lipinski definition) is 2. The number of piperidine rings is 1. The van der Waals surface area contributed by atoms with Crippen molar-refractivity contribution in [1.29, 1.82) is 0 Å². The van der Waals surface area contributed by atoms with Gasteiger partial charge >= 0.3 is 0 Å². The number of amides is 2. The molecule has 0 aromatic heterocycles. The number of halogens is 1. The minimum atomic E-state index is -0.560. The van der Waals surface area contributed by atoms with Gasteiger partial charge in [0.1, 0.15) is 11.9 Å². The monoisotopic (exact) mass is 420 g/mol. The third kappa shape index (κ3) is 6.77. The predicted molar refractivity (Wildman–Crippen MR) is 118 cm³/mol. The minimum absolute atomic E-state index is 0.172. The second-order valence-electron chi connectivity index (χ2n) is 9.02. The van der Waals surface area contributed by atoms with Gasteiger partial charge in [-0.2, -0.15) is 0 Å². The molecule has 2 rings (SSSR count). The van der Waals surface area contributed by atoms with Crippen LogP contribution in [0.2, 0.25) is 0 Å². The summed E-state index contributed by atoms with van der Waals surface area (Å²) in [6.45, 7) is 11.9. The Bertz CT molecular complexity index is 683. The number of benzene rings is 1. The van der Waals surface area contributed by atoms with Crippen LogP contribution < -0.4 is 11.1 Å². The zero-order valence-electron chi connectivity index (χ0n) is 18.7. The molecule has 0 bridgehead atoms. The van der Waals surface area contributed by atoms with Crippen molar-refractivity contribution < 1.29 is 14.0 Å². The Labute approximate surface area is 180 Å². The van der Waals surface area contributed by atoms with E-state index in [2.05, 4.69) is 37.9 Å². The van der Waals surface area contributed by atoms with E-state index < -0.39 is 6.04 Å². The van der Waals surface area contributed by atoms with Crippen LogP contribution in [0.4, 0.5) is 4.39 Å². The van der Waals surface area contributed by atoms with Crippen LogP contribution in [0.5, 0.6) is 0 Å². The molecule has 1 saturated heterocycles. The van der Waals surface area contributed by atoms with Crippen molar-refractivity contribution in [2.45, 2.75) is 52.6 Å². The molecule has 7 heteroatoms. The Balaban J connectivity index is 2.23. The maximum Gasteiger partial charge on any atom is 0.254 e. The first-order valence-corrected chi connectivity index (χ1v) is 11.0. The normalized spacial score (nSPS) is 19.6. The topological polar surface area (TPSA) is 78.7 Å². The van der Waals surface area contributed by atoms with E-state index in [0.29, 0.717) is 43.5 Å². The van der Waals surface area contributed by atoms with Crippen LogP contribution in [0.25, 0.3) is 0 Å². The van der Waals surface area contributed by atoms with Crippen molar-refractivity contribution in [2.24, 2.45) is 17.6 Å². The first-order chi connectivity index (χ1) is 14.2. The molecule has 2 amide bonds. The SMILES string of the molecule is CC(C)CN(CC(C)C)C1CCN(C(=O)c2ccc(F)cc2)[C@@H](C(=O)NCCN)C1. The number of nitrogens with zero attached hydrogens (tertiary/aromatic N) is 2. The van der Waals surface area contributed by atoms with Gasteiger partial charge in [-0.05, 0) is 48.9 Å². The molecular formula is C23H37FN4O2. The van der Waals surface area contributed by atoms with Crippen molar-refractivity contribution in [2.75, 3.05) is 32.7 Å². The van der Waals surface area contributed by atoms with E-state index >= 15 is 0 Å². The Morgan fingerprint density at radius 3 is 2.30 bits per heavy atom. The standard InChI is InChI=1S/C23H37FN4O2/c1-16(2)14-27(15-17(3)4)20-9-12-28(21(13-20)22(29)26-11-10-25)23(30)18-5-7-19(24)8-6-18/h5-8,16-17,20-21H,9-15,25H2,1-4H3,(H,26,29)/t20?,21-/m1/s1. The number of hydrogen-bond acceptors (Lipinski definition) is 4. The average molecular weight is 421 g/mol. The number of nitrogens with two attached hydrogens (primary N) is 1. The maximum absolute atomic E-state index is 13.3. The van der Waals surface area contributed by atoms with Crippen molar-refractivity contribution in [1.82, 2.24) is 15.1 Å². The van der Waals surface area contributed by atoms with Gasteiger partial charge in [0.05, 0.1) is 0 Å². The Kier molecular flexibility index (Phi) is 9.24. The van der Waals surface area contributed by atoms with E-state index in [1.54, 1.807) is 4.90 Å². The van der Waals surface area contributed by atoms with Gasteiger partial charge in [0.25, 0.3) is 5.91 Å². The molecule has 1 aliphatic rings. The van der Waals surface area contributed by atoms with Crippen LogP contribution in [-0.2, 0) is 4.79 Å². The van der Waals surface area contributed by atoms with Crippen molar-refractivity contribution in [3.05, 3.63) is 35.6 Å². The van der Waals surface area contributed by atoms with Gasteiger partial charge in [0.15, 0.2) is 0 Å². The van der Waals surface area contributed by atoms with Crippen LogP contribution in [0, 0.1) is 17.7 Å². The van der Waals surface area contributed by atoms with Crippen molar-refractivity contribution >= 4 is 11.8 Å². The summed E-state index contributed by atoms with van der Waals surface area (Å²) in [4.78, 5) is 30.2. The van der Waals surface area contributed by atoms with E-state index in [4.69, 9.17) is 5.73 Å². The lowest BCUT2D eigenvalue weighted by atomic mass is 9.92. The average Bonchev–Trinajstić information content (AvgIpc) is 2.70. The Morgan fingerprint density at radius 1 is 1.17 bits per heavy atom. The molecule has 6 nitrogen and oxygen atoms in total. The van der Waals surface area contributed by atoms with Gasteiger partial charge in [0, 0.05) is 44.3 Å². The molecule has 0 aliphatic carbocycles. The first-order valence-electron chi connectivity index (χ1n) is 11.0.